The van der Waals surface area contributed by atoms with Gasteiger partial charge < -0.3 is 5.73 Å². The monoisotopic (exact) mass is 248 g/mol. The maximum Gasteiger partial charge on any atom is 0.0441 e. The Balaban J connectivity index is 2.35. The first-order valence-corrected chi connectivity index (χ1v) is 6.32. The third-order valence-electron chi connectivity index (χ3n) is 3.08. The number of aryl methyl sites for hydroxylation is 1. The Morgan fingerprint density at radius 3 is 2.82 bits per heavy atom. The van der Waals surface area contributed by atoms with E-state index in [1.54, 1.807) is 6.20 Å². The van der Waals surface area contributed by atoms with Crippen LogP contribution in [0.15, 0.2) is 29.4 Å². The third-order valence-corrected chi connectivity index (χ3v) is 3.49. The molecule has 0 fully saturated rings. The summed E-state index contributed by atoms with van der Waals surface area (Å²) < 4.78 is 0. The predicted octanol–water partition coefficient (Wildman–Crippen LogP) is 3.57. The fourth-order valence-electron chi connectivity index (χ4n) is 2.04. The van der Waals surface area contributed by atoms with Crippen LogP contribution in [0.25, 0.3) is 5.57 Å². The van der Waals surface area contributed by atoms with Crippen molar-refractivity contribution in [1.29, 1.82) is 0 Å². The Morgan fingerprint density at radius 2 is 2.24 bits per heavy atom. The Labute approximate surface area is 107 Å². The number of hydrogen-bond donors (Lipinski definition) is 1. The molecule has 2 rings (SSSR count). The fraction of sp³-hybridized carbons (Fsp3) is 0.357. The molecule has 0 radical (unpaired) electrons. The molecule has 2 nitrogen and oxygen atoms in total. The Morgan fingerprint density at radius 1 is 1.41 bits per heavy atom. The molecule has 0 unspecified atom stereocenters. The van der Waals surface area contributed by atoms with E-state index >= 15 is 0 Å². The van der Waals surface area contributed by atoms with Gasteiger partial charge in [-0.25, -0.2) is 0 Å². The molecule has 0 aliphatic carbocycles. The van der Waals surface area contributed by atoms with Gasteiger partial charge in [0.1, 0.15) is 0 Å². The van der Waals surface area contributed by atoms with Crippen LogP contribution in [0.1, 0.15) is 30.4 Å². The SMILES string of the molecule is Cc1ccc(C(=CN)C2=NCCCC2)cc1Cl. The molecule has 1 aliphatic rings. The van der Waals surface area contributed by atoms with Gasteiger partial charge in [-0.15, -0.1) is 0 Å². The van der Waals surface area contributed by atoms with Gasteiger partial charge in [0.05, 0.1) is 0 Å². The summed E-state index contributed by atoms with van der Waals surface area (Å²) in [6.07, 6.45) is 5.02. The number of hydrogen-bond acceptors (Lipinski definition) is 2. The summed E-state index contributed by atoms with van der Waals surface area (Å²) >= 11 is 6.15. The average Bonchev–Trinajstić information content (AvgIpc) is 2.36. The molecular formula is C14H17ClN2. The molecule has 1 aromatic carbocycles. The Bertz CT molecular complexity index is 475. The molecule has 17 heavy (non-hydrogen) atoms. The molecule has 0 amide bonds. The van der Waals surface area contributed by atoms with Crippen LogP contribution in [-0.2, 0) is 0 Å². The lowest BCUT2D eigenvalue weighted by atomic mass is 9.96. The zero-order valence-corrected chi connectivity index (χ0v) is 10.8. The predicted molar refractivity (Wildman–Crippen MR) is 74.5 cm³/mol. The highest BCUT2D eigenvalue weighted by Gasteiger charge is 2.13. The highest BCUT2D eigenvalue weighted by atomic mass is 35.5. The van der Waals surface area contributed by atoms with Crippen molar-refractivity contribution in [2.24, 2.45) is 10.7 Å². The van der Waals surface area contributed by atoms with E-state index in [2.05, 4.69) is 11.1 Å². The molecule has 0 aromatic heterocycles. The molecule has 0 atom stereocenters. The van der Waals surface area contributed by atoms with E-state index in [0.29, 0.717) is 0 Å². The quantitative estimate of drug-likeness (QED) is 0.854. The lowest BCUT2D eigenvalue weighted by Crippen LogP contribution is -2.10. The number of allylic oxidation sites excluding steroid dienone is 1. The van der Waals surface area contributed by atoms with Gasteiger partial charge in [-0.05, 0) is 43.4 Å². The highest BCUT2D eigenvalue weighted by Crippen LogP contribution is 2.25. The molecule has 90 valence electrons. The Kier molecular flexibility index (Phi) is 3.85. The maximum absolute atomic E-state index is 6.15. The summed E-state index contributed by atoms with van der Waals surface area (Å²) in [5.74, 6) is 0. The van der Waals surface area contributed by atoms with E-state index in [4.69, 9.17) is 17.3 Å². The summed E-state index contributed by atoms with van der Waals surface area (Å²) in [4.78, 5) is 4.55. The number of halogens is 1. The zero-order valence-electron chi connectivity index (χ0n) is 10.0. The van der Waals surface area contributed by atoms with Crippen molar-refractivity contribution in [1.82, 2.24) is 0 Å². The van der Waals surface area contributed by atoms with E-state index in [1.807, 2.05) is 19.1 Å². The van der Waals surface area contributed by atoms with Crippen molar-refractivity contribution in [3.63, 3.8) is 0 Å². The minimum absolute atomic E-state index is 0.776. The van der Waals surface area contributed by atoms with Crippen molar-refractivity contribution in [2.45, 2.75) is 26.2 Å². The number of nitrogens with zero attached hydrogens (tertiary/aromatic N) is 1. The molecule has 0 spiro atoms. The third kappa shape index (κ3) is 2.70. The number of nitrogens with two attached hydrogens (primary N) is 1. The first-order chi connectivity index (χ1) is 8.22. The van der Waals surface area contributed by atoms with Crippen molar-refractivity contribution < 1.29 is 0 Å². The summed E-state index contributed by atoms with van der Waals surface area (Å²) in [5, 5.41) is 0.776. The minimum Gasteiger partial charge on any atom is -0.404 e. The van der Waals surface area contributed by atoms with Crippen molar-refractivity contribution in [3.05, 3.63) is 40.5 Å². The molecular weight excluding hydrogens is 232 g/mol. The number of aliphatic imine (C=N–C) groups is 1. The molecule has 1 aromatic rings. The fourth-order valence-corrected chi connectivity index (χ4v) is 2.22. The van der Waals surface area contributed by atoms with Crippen molar-refractivity contribution >= 4 is 22.9 Å². The van der Waals surface area contributed by atoms with E-state index in [9.17, 15) is 0 Å². The lowest BCUT2D eigenvalue weighted by molar-refractivity contribution is 0.741. The van der Waals surface area contributed by atoms with Crippen LogP contribution in [0.5, 0.6) is 0 Å². The maximum atomic E-state index is 6.15. The van der Waals surface area contributed by atoms with Crippen molar-refractivity contribution in [3.8, 4) is 0 Å². The summed E-state index contributed by atoms with van der Waals surface area (Å²) in [7, 11) is 0. The van der Waals surface area contributed by atoms with Crippen LogP contribution >= 0.6 is 11.6 Å². The summed E-state index contributed by atoms with van der Waals surface area (Å²) in [6, 6.07) is 6.04. The standard InChI is InChI=1S/C14H17ClN2/c1-10-5-6-11(8-13(10)15)12(9-16)14-4-2-3-7-17-14/h5-6,8-9H,2-4,7,16H2,1H3. The average molecular weight is 249 g/mol. The first kappa shape index (κ1) is 12.2. The molecule has 1 aliphatic heterocycles. The van der Waals surface area contributed by atoms with Crippen LogP contribution < -0.4 is 5.73 Å². The summed E-state index contributed by atoms with van der Waals surface area (Å²) in [6.45, 7) is 2.91. The van der Waals surface area contributed by atoms with Gasteiger partial charge in [0, 0.05) is 29.1 Å². The van der Waals surface area contributed by atoms with E-state index in [-0.39, 0.29) is 0 Å². The van der Waals surface area contributed by atoms with Crippen LogP contribution in [-0.4, -0.2) is 12.3 Å². The highest BCUT2D eigenvalue weighted by molar-refractivity contribution is 6.32. The minimum atomic E-state index is 0.776. The number of benzene rings is 1. The smallest absolute Gasteiger partial charge is 0.0441 e. The zero-order chi connectivity index (χ0) is 12.3. The molecule has 3 heteroatoms. The molecule has 2 N–H and O–H groups in total. The van der Waals surface area contributed by atoms with Crippen LogP contribution in [0.3, 0.4) is 0 Å². The Hall–Kier alpha value is -1.28. The number of rotatable bonds is 2. The molecule has 0 saturated carbocycles. The largest absolute Gasteiger partial charge is 0.404 e. The van der Waals surface area contributed by atoms with Crippen LogP contribution in [0.2, 0.25) is 5.02 Å². The van der Waals surface area contributed by atoms with Gasteiger partial charge in [0.2, 0.25) is 0 Å². The summed E-state index contributed by atoms with van der Waals surface area (Å²) in [5.41, 5.74) is 10.0. The van der Waals surface area contributed by atoms with E-state index < -0.39 is 0 Å². The van der Waals surface area contributed by atoms with Crippen LogP contribution in [0, 0.1) is 6.92 Å². The normalized spacial score (nSPS) is 16.8. The second-order valence-corrected chi connectivity index (χ2v) is 4.74. The molecule has 0 bridgehead atoms. The van der Waals surface area contributed by atoms with E-state index in [0.717, 1.165) is 40.4 Å². The van der Waals surface area contributed by atoms with Crippen LogP contribution in [0.4, 0.5) is 0 Å². The van der Waals surface area contributed by atoms with Gasteiger partial charge >= 0.3 is 0 Å². The van der Waals surface area contributed by atoms with Crippen molar-refractivity contribution in [2.75, 3.05) is 6.54 Å². The first-order valence-electron chi connectivity index (χ1n) is 5.94. The second-order valence-electron chi connectivity index (χ2n) is 4.33. The molecule has 1 heterocycles. The van der Waals surface area contributed by atoms with Gasteiger partial charge in [0.25, 0.3) is 0 Å². The molecule has 0 saturated heterocycles. The van der Waals surface area contributed by atoms with E-state index in [1.165, 1.54) is 12.8 Å². The lowest BCUT2D eigenvalue weighted by Gasteiger charge is -2.15. The second kappa shape index (κ2) is 5.37. The van der Waals surface area contributed by atoms with Gasteiger partial charge in [-0.3, -0.25) is 4.99 Å². The van der Waals surface area contributed by atoms with Gasteiger partial charge in [-0.1, -0.05) is 23.7 Å². The topological polar surface area (TPSA) is 38.4 Å². The van der Waals surface area contributed by atoms with Gasteiger partial charge in [0.15, 0.2) is 0 Å². The van der Waals surface area contributed by atoms with Gasteiger partial charge in [-0.2, -0.15) is 0 Å².